The van der Waals surface area contributed by atoms with E-state index in [0.29, 0.717) is 31.2 Å². The van der Waals surface area contributed by atoms with Crippen LogP contribution in [-0.4, -0.2) is 16.0 Å². The summed E-state index contributed by atoms with van der Waals surface area (Å²) >= 11 is 0. The van der Waals surface area contributed by atoms with Crippen molar-refractivity contribution in [1.82, 2.24) is 4.90 Å². The van der Waals surface area contributed by atoms with Gasteiger partial charge in [0, 0.05) is 6.04 Å². The van der Waals surface area contributed by atoms with Crippen LogP contribution in [-0.2, 0) is 18.7 Å². The summed E-state index contributed by atoms with van der Waals surface area (Å²) in [5.74, 6) is 2.40. The van der Waals surface area contributed by atoms with Crippen LogP contribution in [0.25, 0.3) is 0 Å². The molecule has 2 heterocycles. The monoisotopic (exact) mass is 357 g/mol. The van der Waals surface area contributed by atoms with E-state index < -0.39 is 5.60 Å². The normalized spacial score (nSPS) is 12.0. The third-order valence-electron chi connectivity index (χ3n) is 4.67. The van der Waals surface area contributed by atoms with Gasteiger partial charge in [-0.3, -0.25) is 4.90 Å². The highest BCUT2D eigenvalue weighted by Gasteiger charge is 2.31. The first-order chi connectivity index (χ1) is 12.5. The van der Waals surface area contributed by atoms with Crippen LogP contribution in [0.3, 0.4) is 0 Å². The van der Waals surface area contributed by atoms with Crippen molar-refractivity contribution in [2.75, 3.05) is 0 Å². The molecular formula is C22H31NO3. The van der Waals surface area contributed by atoms with Crippen LogP contribution in [0.2, 0.25) is 0 Å². The van der Waals surface area contributed by atoms with Crippen molar-refractivity contribution >= 4 is 0 Å². The van der Waals surface area contributed by atoms with Crippen molar-refractivity contribution in [1.29, 1.82) is 0 Å². The van der Waals surface area contributed by atoms with E-state index in [1.54, 1.807) is 6.26 Å². The van der Waals surface area contributed by atoms with Gasteiger partial charge in [-0.2, -0.15) is 0 Å². The molecule has 0 aliphatic carbocycles. The number of aliphatic hydroxyl groups is 1. The highest BCUT2D eigenvalue weighted by molar-refractivity contribution is 5.15. The van der Waals surface area contributed by atoms with E-state index in [4.69, 9.17) is 8.83 Å². The van der Waals surface area contributed by atoms with Gasteiger partial charge in [-0.1, -0.05) is 12.2 Å². The average Bonchev–Trinajstić information content (AvgIpc) is 3.29. The quantitative estimate of drug-likeness (QED) is 0.517. The fourth-order valence-electron chi connectivity index (χ4n) is 2.99. The number of rotatable bonds is 12. The Kier molecular flexibility index (Phi) is 7.49. The van der Waals surface area contributed by atoms with Crippen LogP contribution < -0.4 is 0 Å². The molecule has 0 radical (unpaired) electrons. The first-order valence-electron chi connectivity index (χ1n) is 9.28. The Morgan fingerprint density at radius 3 is 2.27 bits per heavy atom. The molecule has 4 nitrogen and oxygen atoms in total. The summed E-state index contributed by atoms with van der Waals surface area (Å²) in [6.45, 7) is 13.2. The summed E-state index contributed by atoms with van der Waals surface area (Å²) in [6.07, 6.45) is 8.01. The lowest BCUT2D eigenvalue weighted by Gasteiger charge is -2.26. The first-order valence-corrected chi connectivity index (χ1v) is 9.28. The highest BCUT2D eigenvalue weighted by Crippen LogP contribution is 2.33. The van der Waals surface area contributed by atoms with Gasteiger partial charge < -0.3 is 13.9 Å². The minimum atomic E-state index is -0.982. The minimum Gasteiger partial charge on any atom is -0.468 e. The molecule has 4 heteroatoms. The van der Waals surface area contributed by atoms with Crippen molar-refractivity contribution in [2.24, 2.45) is 0 Å². The van der Waals surface area contributed by atoms with Gasteiger partial charge in [-0.05, 0) is 63.8 Å². The maximum absolute atomic E-state index is 11.1. The largest absolute Gasteiger partial charge is 0.468 e. The molecule has 0 saturated carbocycles. The van der Waals surface area contributed by atoms with Crippen LogP contribution in [0.4, 0.5) is 0 Å². The molecular weight excluding hydrogens is 326 g/mol. The Bertz CT molecular complexity index is 657. The molecule has 142 valence electrons. The minimum absolute atomic E-state index is 0.342. The van der Waals surface area contributed by atoms with E-state index in [1.807, 2.05) is 36.4 Å². The number of hydrogen-bond donors (Lipinski definition) is 1. The van der Waals surface area contributed by atoms with Gasteiger partial charge in [-0.15, -0.1) is 13.2 Å². The van der Waals surface area contributed by atoms with E-state index in [1.165, 1.54) is 0 Å². The molecule has 0 aromatic carbocycles. The topological polar surface area (TPSA) is 49.8 Å². The fraction of sp³-hybridized carbons (Fsp3) is 0.455. The summed E-state index contributed by atoms with van der Waals surface area (Å²) in [5, 5.41) is 11.1. The maximum atomic E-state index is 11.1. The molecule has 0 saturated heterocycles. The lowest BCUT2D eigenvalue weighted by atomic mass is 9.89. The Labute approximate surface area is 156 Å². The van der Waals surface area contributed by atoms with Gasteiger partial charge >= 0.3 is 0 Å². The second-order valence-corrected chi connectivity index (χ2v) is 7.03. The molecule has 2 aromatic heterocycles. The van der Waals surface area contributed by atoms with Gasteiger partial charge in [0.15, 0.2) is 0 Å². The fourth-order valence-corrected chi connectivity index (χ4v) is 2.99. The number of allylic oxidation sites excluding steroid dienone is 2. The van der Waals surface area contributed by atoms with E-state index >= 15 is 0 Å². The van der Waals surface area contributed by atoms with Crippen molar-refractivity contribution in [3.8, 4) is 0 Å². The molecule has 2 aromatic rings. The SMILES string of the molecule is C=CCCC(O)(CCC=C)c1ccc(CN(Cc2ccco2)C(C)C)o1. The molecule has 0 fully saturated rings. The predicted octanol–water partition coefficient (Wildman–Crippen LogP) is 5.40. The van der Waals surface area contributed by atoms with Gasteiger partial charge in [0.1, 0.15) is 22.9 Å². The Morgan fingerprint density at radius 2 is 1.73 bits per heavy atom. The Balaban J connectivity index is 2.12. The molecule has 0 atom stereocenters. The van der Waals surface area contributed by atoms with Crippen molar-refractivity contribution in [3.63, 3.8) is 0 Å². The zero-order valence-corrected chi connectivity index (χ0v) is 16.0. The summed E-state index contributed by atoms with van der Waals surface area (Å²) in [4.78, 5) is 2.27. The summed E-state index contributed by atoms with van der Waals surface area (Å²) in [5.41, 5.74) is -0.982. The average molecular weight is 357 g/mol. The standard InChI is InChI=1S/C22H31NO3/c1-5-7-13-22(24,14-8-6-2)21-12-11-20(26-21)17-23(18(3)4)16-19-10-9-15-25-19/h5-6,9-12,15,18,24H,1-2,7-8,13-14,16-17H2,3-4H3. The third-order valence-corrected chi connectivity index (χ3v) is 4.67. The number of furan rings is 2. The molecule has 1 N–H and O–H groups in total. The molecule has 0 aliphatic rings. The van der Waals surface area contributed by atoms with E-state index in [2.05, 4.69) is 31.9 Å². The number of nitrogens with zero attached hydrogens (tertiary/aromatic N) is 1. The predicted molar refractivity (Wildman–Crippen MR) is 105 cm³/mol. The third kappa shape index (κ3) is 5.48. The summed E-state index contributed by atoms with van der Waals surface area (Å²) < 4.78 is 11.5. The van der Waals surface area contributed by atoms with Crippen molar-refractivity contribution in [2.45, 2.75) is 64.3 Å². The van der Waals surface area contributed by atoms with Gasteiger partial charge in [0.25, 0.3) is 0 Å². The molecule has 26 heavy (non-hydrogen) atoms. The maximum Gasteiger partial charge on any atom is 0.135 e. The van der Waals surface area contributed by atoms with Crippen molar-refractivity contribution in [3.05, 3.63) is 73.1 Å². The second kappa shape index (κ2) is 9.60. The van der Waals surface area contributed by atoms with E-state index in [9.17, 15) is 5.11 Å². The second-order valence-electron chi connectivity index (χ2n) is 7.03. The van der Waals surface area contributed by atoms with Crippen LogP contribution in [0.1, 0.15) is 56.8 Å². The molecule has 0 aliphatic heterocycles. The Morgan fingerprint density at radius 1 is 1.08 bits per heavy atom. The summed E-state index contributed by atoms with van der Waals surface area (Å²) in [7, 11) is 0. The van der Waals surface area contributed by atoms with Crippen LogP contribution in [0.15, 0.2) is 64.7 Å². The van der Waals surface area contributed by atoms with E-state index in [-0.39, 0.29) is 0 Å². The summed E-state index contributed by atoms with van der Waals surface area (Å²) in [6, 6.07) is 8.07. The van der Waals surface area contributed by atoms with Gasteiger partial charge in [0.2, 0.25) is 0 Å². The molecule has 0 spiro atoms. The lowest BCUT2D eigenvalue weighted by molar-refractivity contribution is -0.00237. The molecule has 0 amide bonds. The van der Waals surface area contributed by atoms with Gasteiger partial charge in [-0.25, -0.2) is 0 Å². The smallest absolute Gasteiger partial charge is 0.135 e. The number of hydrogen-bond acceptors (Lipinski definition) is 4. The van der Waals surface area contributed by atoms with Crippen LogP contribution in [0.5, 0.6) is 0 Å². The van der Waals surface area contributed by atoms with Gasteiger partial charge in [0.05, 0.1) is 19.4 Å². The Hall–Kier alpha value is -2.04. The lowest BCUT2D eigenvalue weighted by Crippen LogP contribution is -2.29. The van der Waals surface area contributed by atoms with Crippen LogP contribution >= 0.6 is 0 Å². The van der Waals surface area contributed by atoms with Crippen molar-refractivity contribution < 1.29 is 13.9 Å². The molecule has 2 rings (SSSR count). The molecule has 0 unspecified atom stereocenters. The van der Waals surface area contributed by atoms with E-state index in [0.717, 1.165) is 30.9 Å². The first kappa shape index (κ1) is 20.3. The zero-order valence-electron chi connectivity index (χ0n) is 16.0. The van der Waals surface area contributed by atoms with Crippen LogP contribution in [0, 0.1) is 0 Å². The zero-order chi connectivity index (χ0) is 19.0. The molecule has 0 bridgehead atoms. The highest BCUT2D eigenvalue weighted by atomic mass is 16.4.